The van der Waals surface area contributed by atoms with Crippen LogP contribution < -0.4 is 70.6 Å². The monoisotopic (exact) mass is 1570 g/mol. The minimum atomic E-state index is -2.30. The molecule has 46 heteroatoms. The van der Waals surface area contributed by atoms with Crippen molar-refractivity contribution in [3.63, 3.8) is 0 Å². The number of nitrogens with two attached hydrogens (primary N) is 3. The van der Waals surface area contributed by atoms with E-state index in [1.54, 1.807) is 4.90 Å². The van der Waals surface area contributed by atoms with Gasteiger partial charge in [-0.1, -0.05) is 43.2 Å². The van der Waals surface area contributed by atoms with Crippen molar-refractivity contribution in [1.82, 2.24) is 67.4 Å². The summed E-state index contributed by atoms with van der Waals surface area (Å²) in [5, 5.41) is 70.3. The third kappa shape index (κ3) is 22.8. The van der Waals surface area contributed by atoms with Crippen LogP contribution in [0, 0.1) is 17.8 Å². The summed E-state index contributed by atoms with van der Waals surface area (Å²) in [4.78, 5) is 236. The van der Waals surface area contributed by atoms with Gasteiger partial charge in [-0.25, -0.2) is 29.1 Å². The summed E-state index contributed by atoms with van der Waals surface area (Å²) in [6.07, 6.45) is -5.66. The van der Waals surface area contributed by atoms with Gasteiger partial charge in [0.15, 0.2) is 16.9 Å². The molecule has 2 aliphatic carbocycles. The van der Waals surface area contributed by atoms with Crippen LogP contribution >= 0.6 is 43.2 Å². The number of carbonyl (C=O) groups excluding carboxylic acids is 11. The molecule has 1 saturated carbocycles. The minimum absolute atomic E-state index is 0.0170. The molecule has 4 aliphatic rings. The number of fused-ring (bicyclic) bond motifs is 5. The summed E-state index contributed by atoms with van der Waals surface area (Å²) < 4.78 is 15.9. The number of ketones is 2. The Morgan fingerprint density at radius 2 is 1.25 bits per heavy atom. The van der Waals surface area contributed by atoms with Crippen LogP contribution in [0.25, 0.3) is 11.2 Å². The highest BCUT2D eigenvalue weighted by Gasteiger charge is 2.72. The van der Waals surface area contributed by atoms with Gasteiger partial charge in [0.25, 0.3) is 11.5 Å². The summed E-state index contributed by atoms with van der Waals surface area (Å²) >= 11 is 0. The first kappa shape index (κ1) is 83.3. The number of primary amides is 2. The van der Waals surface area contributed by atoms with E-state index >= 15 is 0 Å². The lowest BCUT2D eigenvalue weighted by Crippen LogP contribution is -2.61. The van der Waals surface area contributed by atoms with Crippen LogP contribution in [0.2, 0.25) is 0 Å². The highest BCUT2D eigenvalue weighted by atomic mass is 33.1. The van der Waals surface area contributed by atoms with E-state index in [0.29, 0.717) is 23.7 Å². The van der Waals surface area contributed by atoms with E-state index in [-0.39, 0.29) is 107 Å². The number of carboxylic acid groups (broad SMARTS) is 5. The topological polar surface area (TPSA) is 663 Å². The Morgan fingerprint density at radius 1 is 0.673 bits per heavy atom. The fourth-order valence-corrected chi connectivity index (χ4v) is 15.5. The van der Waals surface area contributed by atoms with E-state index in [0.717, 1.165) is 28.0 Å². The van der Waals surface area contributed by atoms with Gasteiger partial charge >= 0.3 is 42.0 Å². The molecule has 0 unspecified atom stereocenters. The summed E-state index contributed by atoms with van der Waals surface area (Å²) in [6, 6.07) is -6.66. The SMILES string of the molecule is CO[C@@]12[C@H](COC(N)=O)C3=C(C(=O)C(C)=C(NCCSSCCC(=O)NC[C@H](NC(=O)[C@H](CC(=O)O)NC(=O)[C@H](CC(=O)O)NC(=O)[C@H](CC(=O)O)NC(=O)CC[C@H](NC(=O)c4ccc(NCc5cnc6nc(N)[nH]c(=O)c6n5)cc4)C(=O)O)C(=O)N[C@@H](CSSCCOC(N)=O)C(=O)O)C3=O)N1C[C@@H]1C[C@@H]12. The number of hydrogen-bond donors (Lipinski definition) is 18. The van der Waals surface area contributed by atoms with Crippen molar-refractivity contribution in [3.05, 3.63) is 74.6 Å². The number of carboxylic acids is 5. The molecule has 0 spiro atoms. The summed E-state index contributed by atoms with van der Waals surface area (Å²) in [5.74, 6) is -18.9. The van der Waals surface area contributed by atoms with E-state index in [1.807, 2.05) is 16.0 Å². The van der Waals surface area contributed by atoms with Gasteiger partial charge in [0, 0.05) is 90.9 Å². The molecule has 1 saturated heterocycles. The van der Waals surface area contributed by atoms with Crippen LogP contribution in [-0.4, -0.2) is 250 Å². The third-order valence-corrected chi connectivity index (χ3v) is 21.5. The van der Waals surface area contributed by atoms with E-state index in [9.17, 15) is 107 Å². The maximum Gasteiger partial charge on any atom is 0.404 e. The molecular formula is C61H75N17O25S4. The lowest BCUT2D eigenvalue weighted by Gasteiger charge is -2.40. The first-order chi connectivity index (χ1) is 50.7. The van der Waals surface area contributed by atoms with Crippen molar-refractivity contribution in [2.24, 2.45) is 29.2 Å². The van der Waals surface area contributed by atoms with Crippen LogP contribution in [0.3, 0.4) is 0 Å². The van der Waals surface area contributed by atoms with Crippen LogP contribution in [0.1, 0.15) is 67.9 Å². The number of carbonyl (C=O) groups is 16. The number of nitrogens with one attached hydrogen (secondary N) is 10. The van der Waals surface area contributed by atoms with Crippen molar-refractivity contribution in [1.29, 1.82) is 0 Å². The lowest BCUT2D eigenvalue weighted by atomic mass is 9.82. The van der Waals surface area contributed by atoms with Crippen LogP contribution in [0.4, 0.5) is 21.2 Å². The second-order valence-corrected chi connectivity index (χ2v) is 29.3. The average Bonchev–Trinajstić information content (AvgIpc) is 1.50. The van der Waals surface area contributed by atoms with Crippen molar-refractivity contribution < 1.29 is 116 Å². The number of benzene rings is 1. The predicted molar refractivity (Wildman–Crippen MR) is 376 cm³/mol. The Hall–Kier alpha value is -11.0. The Morgan fingerprint density at radius 3 is 1.85 bits per heavy atom. The molecule has 10 atom stereocenters. The lowest BCUT2D eigenvalue weighted by molar-refractivity contribution is -0.146. The molecule has 4 heterocycles. The number of nitrogens with zero attached hydrogens (tertiary/aromatic N) is 4. The van der Waals surface area contributed by atoms with Crippen LogP contribution in [-0.2, 0) is 83.1 Å². The molecule has 107 heavy (non-hydrogen) atoms. The number of amides is 9. The molecule has 3 aromatic rings. The number of allylic oxidation sites excluding steroid dienone is 2. The maximum absolute atomic E-state index is 14.2. The summed E-state index contributed by atoms with van der Waals surface area (Å²) in [7, 11) is 5.82. The zero-order chi connectivity index (χ0) is 78.6. The number of nitrogen functional groups attached to an aromatic ring is 1. The Bertz CT molecular complexity index is 4130. The molecule has 578 valence electrons. The minimum Gasteiger partial charge on any atom is -0.481 e. The van der Waals surface area contributed by atoms with Gasteiger partial charge in [-0.2, -0.15) is 4.98 Å². The fraction of sp³-hybridized carbons (Fsp3) is 0.475. The van der Waals surface area contributed by atoms with Gasteiger partial charge < -0.3 is 110 Å². The smallest absolute Gasteiger partial charge is 0.404 e. The number of ether oxygens (including phenoxy) is 3. The normalized spacial score (nSPS) is 18.4. The number of anilines is 2. The van der Waals surface area contributed by atoms with Crippen molar-refractivity contribution in [3.8, 4) is 0 Å². The van der Waals surface area contributed by atoms with Crippen LogP contribution in [0.15, 0.2) is 57.8 Å². The van der Waals surface area contributed by atoms with Crippen molar-refractivity contribution in [2.75, 3.05) is 74.0 Å². The average molecular weight is 1570 g/mol. The Kier molecular flexibility index (Phi) is 29.8. The van der Waals surface area contributed by atoms with Crippen molar-refractivity contribution in [2.45, 2.75) is 100 Å². The number of aliphatic carboxylic acids is 5. The molecule has 42 nitrogen and oxygen atoms in total. The second kappa shape index (κ2) is 38.3. The summed E-state index contributed by atoms with van der Waals surface area (Å²) in [6.45, 7) is 0.880. The quantitative estimate of drug-likeness (QED) is 0.0148. The highest BCUT2D eigenvalue weighted by Crippen LogP contribution is 2.65. The molecule has 2 aromatic heterocycles. The van der Waals surface area contributed by atoms with Gasteiger partial charge in [-0.3, -0.25) is 67.3 Å². The molecule has 2 fully saturated rings. The molecule has 21 N–H and O–H groups in total. The van der Waals surface area contributed by atoms with Crippen LogP contribution in [0.5, 0.6) is 0 Å². The molecule has 0 bridgehead atoms. The van der Waals surface area contributed by atoms with E-state index < -0.39 is 187 Å². The first-order valence-electron chi connectivity index (χ1n) is 32.2. The Balaban J connectivity index is 0.935. The highest BCUT2D eigenvalue weighted by molar-refractivity contribution is 8.77. The molecule has 0 radical (unpaired) electrons. The van der Waals surface area contributed by atoms with E-state index in [2.05, 4.69) is 56.6 Å². The zero-order valence-electron chi connectivity index (χ0n) is 56.7. The molecular weight excluding hydrogens is 1500 g/mol. The fourth-order valence-electron chi connectivity index (χ4n) is 11.6. The molecule has 1 aromatic carbocycles. The van der Waals surface area contributed by atoms with Gasteiger partial charge in [-0.15, -0.1) is 0 Å². The number of aromatic nitrogens is 4. The zero-order valence-corrected chi connectivity index (χ0v) is 59.9. The molecule has 9 amide bonds. The van der Waals surface area contributed by atoms with Crippen molar-refractivity contribution >= 4 is 161 Å². The predicted octanol–water partition coefficient (Wildman–Crippen LogP) is -3.54. The number of aromatic amines is 1. The standard InChI is InChI=1S/C61H75N17O25S4/c1-25-44(48(88)43-31(23-103-60(64)100)61(101-2)30-15-27(30)22-78(61)46(43)47(25)87)65-10-13-105-104-12-9-38(79)67-21-36(54(93)75-37(57(97)98)24-107-106-14-11-102-59(63)99)74-53(92)35(18-42(85)86)73-52(91)34(17-41(83)84)72-51(90)33(16-40(81)82)70-39(80)8-7-32(56(95)96)71-50(89)26-3-5-28(6-4-26)66-19-29-20-68-49-45(69-29)55(94)77-58(62)76-49/h3-6,20,27,30-37,65-66H,7-19,21-24H2,1-2H3,(H2,63,99)(H2,64,100)(H,67,79)(H,70,80)(H,71,89)(H,72,90)(H,73,91)(H,74,92)(H,75,93)(H,81,82)(H,83,84)(H,85,86)(H,95,96)(H,97,98)(H3,62,68,76,77,94)/t27-,30-,31+,32-,33-,34-,35-,36-,37-,61-/m0/s1. The summed E-state index contributed by atoms with van der Waals surface area (Å²) in [5.41, 5.74) is 15.3. The number of Topliss-reactive ketones (excluding diaryl/α,β-unsaturated/α-hetero) is 2. The maximum atomic E-state index is 14.2. The Labute approximate surface area is 620 Å². The number of methoxy groups -OCH3 is 1. The van der Waals surface area contributed by atoms with E-state index in [4.69, 9.17) is 26.7 Å². The van der Waals surface area contributed by atoms with E-state index in [1.165, 1.54) is 66.1 Å². The number of hydrogen-bond acceptors (Lipinski definition) is 31. The van der Waals surface area contributed by atoms with Gasteiger partial charge in [-0.05, 0) is 49.9 Å². The second-order valence-electron chi connectivity index (χ2n) is 24.0. The molecule has 7 rings (SSSR count). The van der Waals surface area contributed by atoms with Gasteiger partial charge in [0.1, 0.15) is 49.5 Å². The number of piperidine rings is 1. The molecule has 2 aliphatic heterocycles. The van der Waals surface area contributed by atoms with Gasteiger partial charge in [0.2, 0.25) is 53.0 Å². The first-order valence-corrected chi connectivity index (χ1v) is 37.2. The third-order valence-electron chi connectivity index (χ3n) is 16.7. The van der Waals surface area contributed by atoms with Gasteiger partial charge in [0.05, 0.1) is 55.0 Å². The number of H-pyrrole nitrogens is 1. The number of rotatable bonds is 44. The largest absolute Gasteiger partial charge is 0.481 e.